The SMILES string of the molecule is Cn1ccnc1C(=O)c1cncc(F)c1. The summed E-state index contributed by atoms with van der Waals surface area (Å²) < 4.78 is 14.4. The Morgan fingerprint density at radius 1 is 1.47 bits per heavy atom. The van der Waals surface area contributed by atoms with Gasteiger partial charge in [0.05, 0.1) is 6.20 Å². The van der Waals surface area contributed by atoms with Crippen LogP contribution in [0.15, 0.2) is 30.9 Å². The Morgan fingerprint density at radius 3 is 2.87 bits per heavy atom. The Morgan fingerprint density at radius 2 is 2.27 bits per heavy atom. The molecule has 0 amide bonds. The summed E-state index contributed by atoms with van der Waals surface area (Å²) in [6.45, 7) is 0. The maximum atomic E-state index is 12.8. The first-order valence-corrected chi connectivity index (χ1v) is 4.31. The second-order valence-corrected chi connectivity index (χ2v) is 3.08. The first kappa shape index (κ1) is 9.51. The number of hydrogen-bond acceptors (Lipinski definition) is 3. The van der Waals surface area contributed by atoms with Crippen molar-refractivity contribution < 1.29 is 9.18 Å². The summed E-state index contributed by atoms with van der Waals surface area (Å²) in [4.78, 5) is 19.3. The third-order valence-corrected chi connectivity index (χ3v) is 1.99. The minimum Gasteiger partial charge on any atom is -0.331 e. The van der Waals surface area contributed by atoms with Gasteiger partial charge in [0, 0.05) is 31.2 Å². The Bertz CT molecular complexity index is 507. The van der Waals surface area contributed by atoms with E-state index >= 15 is 0 Å². The van der Waals surface area contributed by atoms with Gasteiger partial charge < -0.3 is 4.57 Å². The van der Waals surface area contributed by atoms with E-state index in [-0.39, 0.29) is 17.2 Å². The molecule has 0 aromatic carbocycles. The molecule has 0 aliphatic heterocycles. The van der Waals surface area contributed by atoms with E-state index in [1.165, 1.54) is 12.4 Å². The molecular weight excluding hydrogens is 197 g/mol. The van der Waals surface area contributed by atoms with Crippen molar-refractivity contribution in [2.45, 2.75) is 0 Å². The number of nitrogens with zero attached hydrogens (tertiary/aromatic N) is 3. The highest BCUT2D eigenvalue weighted by molar-refractivity contribution is 6.06. The number of ketones is 1. The maximum Gasteiger partial charge on any atom is 0.230 e. The van der Waals surface area contributed by atoms with E-state index in [1.807, 2.05) is 0 Å². The first-order chi connectivity index (χ1) is 7.18. The number of carbonyl (C=O) groups is 1. The van der Waals surface area contributed by atoms with Crippen molar-refractivity contribution in [2.75, 3.05) is 0 Å². The largest absolute Gasteiger partial charge is 0.331 e. The van der Waals surface area contributed by atoms with E-state index in [0.717, 1.165) is 12.3 Å². The molecule has 0 unspecified atom stereocenters. The zero-order valence-electron chi connectivity index (χ0n) is 8.01. The fraction of sp³-hybridized carbons (Fsp3) is 0.100. The lowest BCUT2D eigenvalue weighted by Crippen LogP contribution is -2.09. The van der Waals surface area contributed by atoms with Gasteiger partial charge in [0.25, 0.3) is 0 Å². The number of rotatable bonds is 2. The van der Waals surface area contributed by atoms with Gasteiger partial charge in [-0.25, -0.2) is 9.37 Å². The van der Waals surface area contributed by atoms with Gasteiger partial charge in [-0.3, -0.25) is 9.78 Å². The number of pyridine rings is 1. The first-order valence-electron chi connectivity index (χ1n) is 4.31. The van der Waals surface area contributed by atoms with Crippen LogP contribution in [0.2, 0.25) is 0 Å². The number of carbonyl (C=O) groups excluding carboxylic acids is 1. The fourth-order valence-corrected chi connectivity index (χ4v) is 1.25. The van der Waals surface area contributed by atoms with Gasteiger partial charge in [0.15, 0.2) is 5.82 Å². The van der Waals surface area contributed by atoms with Crippen molar-refractivity contribution >= 4 is 5.78 Å². The molecule has 0 saturated carbocycles. The lowest BCUT2D eigenvalue weighted by molar-refractivity contribution is 0.102. The van der Waals surface area contributed by atoms with Crippen molar-refractivity contribution in [1.29, 1.82) is 0 Å². The highest BCUT2D eigenvalue weighted by Crippen LogP contribution is 2.07. The topological polar surface area (TPSA) is 47.8 Å². The molecule has 0 spiro atoms. The zero-order valence-corrected chi connectivity index (χ0v) is 8.01. The van der Waals surface area contributed by atoms with Crippen LogP contribution in [-0.2, 0) is 7.05 Å². The third-order valence-electron chi connectivity index (χ3n) is 1.99. The molecule has 0 saturated heterocycles. The smallest absolute Gasteiger partial charge is 0.230 e. The molecule has 0 aliphatic rings. The molecule has 4 nitrogen and oxygen atoms in total. The Balaban J connectivity index is 2.41. The summed E-state index contributed by atoms with van der Waals surface area (Å²) in [5.41, 5.74) is 0.198. The van der Waals surface area contributed by atoms with Gasteiger partial charge in [0.2, 0.25) is 5.78 Å². The van der Waals surface area contributed by atoms with E-state index in [0.29, 0.717) is 0 Å². The van der Waals surface area contributed by atoms with Crippen LogP contribution >= 0.6 is 0 Å². The van der Waals surface area contributed by atoms with Crippen LogP contribution in [0.25, 0.3) is 0 Å². The molecule has 0 fully saturated rings. The molecular formula is C10H8FN3O. The molecule has 0 radical (unpaired) electrons. The van der Waals surface area contributed by atoms with Crippen LogP contribution < -0.4 is 0 Å². The minimum atomic E-state index is -0.532. The predicted octanol–water partition coefficient (Wildman–Crippen LogP) is 1.19. The van der Waals surface area contributed by atoms with Crippen LogP contribution in [0.3, 0.4) is 0 Å². The highest BCUT2D eigenvalue weighted by atomic mass is 19.1. The van der Waals surface area contributed by atoms with E-state index in [1.54, 1.807) is 17.8 Å². The second kappa shape index (κ2) is 3.61. The minimum absolute atomic E-state index is 0.198. The van der Waals surface area contributed by atoms with E-state index < -0.39 is 5.82 Å². The van der Waals surface area contributed by atoms with Gasteiger partial charge in [-0.05, 0) is 6.07 Å². The van der Waals surface area contributed by atoms with Gasteiger partial charge in [-0.15, -0.1) is 0 Å². The molecule has 76 valence electrons. The fourth-order valence-electron chi connectivity index (χ4n) is 1.25. The second-order valence-electron chi connectivity index (χ2n) is 3.08. The van der Waals surface area contributed by atoms with Crippen molar-refractivity contribution in [2.24, 2.45) is 7.05 Å². The maximum absolute atomic E-state index is 12.8. The number of imidazole rings is 1. The van der Waals surface area contributed by atoms with Crippen LogP contribution in [0, 0.1) is 5.82 Å². The number of aryl methyl sites for hydroxylation is 1. The molecule has 2 heterocycles. The molecule has 2 aromatic rings. The number of aromatic nitrogens is 3. The lowest BCUT2D eigenvalue weighted by Gasteiger charge is -2.00. The summed E-state index contributed by atoms with van der Waals surface area (Å²) in [7, 11) is 1.70. The third kappa shape index (κ3) is 1.76. The standard InChI is InChI=1S/C10H8FN3O/c1-14-3-2-13-10(14)9(15)7-4-8(11)6-12-5-7/h2-6H,1H3. The van der Waals surface area contributed by atoms with Gasteiger partial charge in [0.1, 0.15) is 5.82 Å². The van der Waals surface area contributed by atoms with Crippen molar-refractivity contribution in [3.8, 4) is 0 Å². The molecule has 0 N–H and O–H groups in total. The predicted molar refractivity (Wildman–Crippen MR) is 50.8 cm³/mol. The molecule has 0 atom stereocenters. The summed E-state index contributed by atoms with van der Waals surface area (Å²) in [5.74, 6) is -0.605. The average molecular weight is 205 g/mol. The van der Waals surface area contributed by atoms with Gasteiger partial charge in [-0.2, -0.15) is 0 Å². The van der Waals surface area contributed by atoms with Crippen LogP contribution in [0.1, 0.15) is 16.2 Å². The summed E-state index contributed by atoms with van der Waals surface area (Å²) in [6, 6.07) is 1.14. The van der Waals surface area contributed by atoms with Gasteiger partial charge in [-0.1, -0.05) is 0 Å². The molecule has 2 rings (SSSR count). The summed E-state index contributed by atoms with van der Waals surface area (Å²) in [5, 5.41) is 0. The van der Waals surface area contributed by atoms with Crippen molar-refractivity contribution in [3.05, 3.63) is 48.1 Å². The molecule has 0 aliphatic carbocycles. The van der Waals surface area contributed by atoms with Gasteiger partial charge >= 0.3 is 0 Å². The lowest BCUT2D eigenvalue weighted by atomic mass is 10.2. The Kier molecular flexibility index (Phi) is 2.29. The van der Waals surface area contributed by atoms with Crippen LogP contribution in [0.4, 0.5) is 4.39 Å². The highest BCUT2D eigenvalue weighted by Gasteiger charge is 2.14. The molecule has 15 heavy (non-hydrogen) atoms. The molecule has 2 aromatic heterocycles. The summed E-state index contributed by atoms with van der Waals surface area (Å²) >= 11 is 0. The summed E-state index contributed by atoms with van der Waals surface area (Å²) in [6.07, 6.45) is 5.54. The Labute approximate surface area is 85.4 Å². The van der Waals surface area contributed by atoms with Crippen molar-refractivity contribution in [3.63, 3.8) is 0 Å². The van der Waals surface area contributed by atoms with Crippen LogP contribution in [-0.4, -0.2) is 20.3 Å². The molecule has 5 heteroatoms. The van der Waals surface area contributed by atoms with E-state index in [2.05, 4.69) is 9.97 Å². The van der Waals surface area contributed by atoms with Crippen molar-refractivity contribution in [1.82, 2.24) is 14.5 Å². The number of hydrogen-bond donors (Lipinski definition) is 0. The number of halogens is 1. The van der Waals surface area contributed by atoms with E-state index in [4.69, 9.17) is 0 Å². The molecule has 0 bridgehead atoms. The average Bonchev–Trinajstić information content (AvgIpc) is 2.63. The van der Waals surface area contributed by atoms with Crippen LogP contribution in [0.5, 0.6) is 0 Å². The normalized spacial score (nSPS) is 10.3. The Hall–Kier alpha value is -2.04. The van der Waals surface area contributed by atoms with E-state index in [9.17, 15) is 9.18 Å². The zero-order chi connectivity index (χ0) is 10.8. The monoisotopic (exact) mass is 205 g/mol. The quantitative estimate of drug-likeness (QED) is 0.692.